The molecule has 0 bridgehead atoms. The standard InChI is InChI=1S/C11H8FN3O3S.C7H14/c12-7-5-6(1-2-8(7)14-11(17)18)9(16)15-10-13-3-4-19-10;1-2-4-6-7-5-3-1/h1-5,14H,(H,17,18)(H,13,15,16);1-7H2. The molecule has 0 saturated heterocycles. The molecule has 2 aromatic rings. The second-order valence-corrected chi connectivity index (χ2v) is 6.79. The van der Waals surface area contributed by atoms with E-state index >= 15 is 0 Å². The van der Waals surface area contributed by atoms with Crippen LogP contribution in [0.25, 0.3) is 0 Å². The molecule has 0 unspecified atom stereocenters. The first kappa shape index (κ1) is 19.8. The van der Waals surface area contributed by atoms with Gasteiger partial charge in [0.05, 0.1) is 5.69 Å². The van der Waals surface area contributed by atoms with Crippen molar-refractivity contribution < 1.29 is 19.1 Å². The van der Waals surface area contributed by atoms with Crippen molar-refractivity contribution in [1.29, 1.82) is 0 Å². The Balaban J connectivity index is 0.000000290. The van der Waals surface area contributed by atoms with Crippen molar-refractivity contribution in [3.8, 4) is 0 Å². The van der Waals surface area contributed by atoms with Gasteiger partial charge in [-0.15, -0.1) is 11.3 Å². The summed E-state index contributed by atoms with van der Waals surface area (Å²) in [7, 11) is 0. The van der Waals surface area contributed by atoms with Gasteiger partial charge < -0.3 is 5.11 Å². The number of amides is 2. The predicted molar refractivity (Wildman–Crippen MR) is 100 cm³/mol. The quantitative estimate of drug-likeness (QED) is 0.627. The molecule has 1 heterocycles. The second kappa shape index (κ2) is 10.5. The number of benzene rings is 1. The number of thiazole rings is 1. The van der Waals surface area contributed by atoms with Crippen molar-refractivity contribution in [2.75, 3.05) is 10.6 Å². The van der Waals surface area contributed by atoms with E-state index in [1.807, 2.05) is 5.32 Å². The fourth-order valence-corrected chi connectivity index (χ4v) is 3.09. The molecule has 0 spiro atoms. The molecular weight excluding hydrogens is 357 g/mol. The van der Waals surface area contributed by atoms with Gasteiger partial charge >= 0.3 is 6.09 Å². The van der Waals surface area contributed by atoms with E-state index in [0.717, 1.165) is 6.07 Å². The van der Waals surface area contributed by atoms with Crippen molar-refractivity contribution in [2.24, 2.45) is 0 Å². The number of hydrogen-bond acceptors (Lipinski definition) is 4. The maximum absolute atomic E-state index is 13.5. The molecule has 0 aliphatic heterocycles. The molecule has 2 amide bonds. The van der Waals surface area contributed by atoms with E-state index in [1.54, 1.807) is 5.38 Å². The van der Waals surface area contributed by atoms with Gasteiger partial charge in [0.1, 0.15) is 5.82 Å². The minimum Gasteiger partial charge on any atom is -0.465 e. The van der Waals surface area contributed by atoms with E-state index in [-0.39, 0.29) is 11.3 Å². The summed E-state index contributed by atoms with van der Waals surface area (Å²) in [5.41, 5.74) is -0.137. The van der Waals surface area contributed by atoms with E-state index in [9.17, 15) is 14.0 Å². The smallest absolute Gasteiger partial charge is 0.409 e. The summed E-state index contributed by atoms with van der Waals surface area (Å²) in [6.45, 7) is 0. The van der Waals surface area contributed by atoms with Gasteiger partial charge in [0, 0.05) is 17.1 Å². The van der Waals surface area contributed by atoms with Crippen LogP contribution in [0.5, 0.6) is 0 Å². The number of carbonyl (C=O) groups excluding carboxylic acids is 1. The van der Waals surface area contributed by atoms with Crippen LogP contribution in [0, 0.1) is 5.82 Å². The number of hydrogen-bond donors (Lipinski definition) is 3. The summed E-state index contributed by atoms with van der Waals surface area (Å²) >= 11 is 1.23. The summed E-state index contributed by atoms with van der Waals surface area (Å²) in [6, 6.07) is 3.45. The van der Waals surface area contributed by atoms with Gasteiger partial charge in [0.15, 0.2) is 5.13 Å². The summed E-state index contributed by atoms with van der Waals surface area (Å²) in [4.78, 5) is 26.0. The maximum Gasteiger partial charge on any atom is 0.409 e. The molecule has 1 aromatic heterocycles. The zero-order valence-corrected chi connectivity index (χ0v) is 15.2. The van der Waals surface area contributed by atoms with Crippen LogP contribution in [-0.4, -0.2) is 22.1 Å². The molecular formula is C18H22FN3O3S. The number of nitrogens with one attached hydrogen (secondary N) is 2. The average molecular weight is 379 g/mol. The van der Waals surface area contributed by atoms with Crippen LogP contribution in [0.1, 0.15) is 55.3 Å². The highest BCUT2D eigenvalue weighted by molar-refractivity contribution is 7.13. The maximum atomic E-state index is 13.5. The first-order valence-electron chi connectivity index (χ1n) is 8.56. The second-order valence-electron chi connectivity index (χ2n) is 5.89. The molecule has 0 radical (unpaired) electrons. The molecule has 1 fully saturated rings. The number of carbonyl (C=O) groups is 2. The minimum absolute atomic E-state index is 0.0728. The summed E-state index contributed by atoms with van der Waals surface area (Å²) in [6.07, 6.45) is 10.7. The van der Waals surface area contributed by atoms with E-state index in [1.165, 1.54) is 74.6 Å². The zero-order valence-electron chi connectivity index (χ0n) is 14.3. The lowest BCUT2D eigenvalue weighted by molar-refractivity contribution is 0.102. The van der Waals surface area contributed by atoms with Crippen LogP contribution in [-0.2, 0) is 0 Å². The Morgan fingerprint density at radius 3 is 2.12 bits per heavy atom. The Morgan fingerprint density at radius 2 is 1.65 bits per heavy atom. The topological polar surface area (TPSA) is 91.3 Å². The van der Waals surface area contributed by atoms with Gasteiger partial charge in [-0.3, -0.25) is 15.4 Å². The third-order valence-electron chi connectivity index (χ3n) is 3.88. The Labute approximate surface area is 155 Å². The fraction of sp³-hybridized carbons (Fsp3) is 0.389. The van der Waals surface area contributed by atoms with Gasteiger partial charge in [-0.2, -0.15) is 0 Å². The lowest BCUT2D eigenvalue weighted by Gasteiger charge is -2.05. The van der Waals surface area contributed by atoms with Gasteiger partial charge in [-0.05, 0) is 18.2 Å². The van der Waals surface area contributed by atoms with Crippen LogP contribution in [0.2, 0.25) is 0 Å². The number of carboxylic acid groups (broad SMARTS) is 1. The lowest BCUT2D eigenvalue weighted by atomic mass is 10.2. The highest BCUT2D eigenvalue weighted by Crippen LogP contribution is 2.18. The number of halogens is 1. The SMILES string of the molecule is C1CCCCCC1.O=C(O)Nc1ccc(C(=O)Nc2nccs2)cc1F. The highest BCUT2D eigenvalue weighted by atomic mass is 32.1. The van der Waals surface area contributed by atoms with Gasteiger partial charge in [-0.25, -0.2) is 14.2 Å². The Bertz CT molecular complexity index is 703. The number of aromatic nitrogens is 1. The number of anilines is 2. The molecule has 3 N–H and O–H groups in total. The van der Waals surface area contributed by atoms with E-state index in [4.69, 9.17) is 5.11 Å². The Kier molecular flexibility index (Phi) is 8.01. The molecule has 6 nitrogen and oxygen atoms in total. The van der Waals surface area contributed by atoms with Crippen LogP contribution < -0.4 is 10.6 Å². The highest BCUT2D eigenvalue weighted by Gasteiger charge is 2.12. The number of nitrogens with zero attached hydrogens (tertiary/aromatic N) is 1. The van der Waals surface area contributed by atoms with Crippen molar-refractivity contribution in [1.82, 2.24) is 4.98 Å². The average Bonchev–Trinajstić information content (AvgIpc) is 2.93. The first-order valence-corrected chi connectivity index (χ1v) is 9.44. The molecule has 3 rings (SSSR count). The van der Waals surface area contributed by atoms with Crippen molar-refractivity contribution >= 4 is 34.2 Å². The molecule has 1 aromatic carbocycles. The van der Waals surface area contributed by atoms with Crippen molar-refractivity contribution in [3.05, 3.63) is 41.2 Å². The fourth-order valence-electron chi connectivity index (χ4n) is 2.56. The molecule has 8 heteroatoms. The normalized spacial score (nSPS) is 13.7. The summed E-state index contributed by atoms with van der Waals surface area (Å²) in [5.74, 6) is -1.34. The number of rotatable bonds is 3. The largest absolute Gasteiger partial charge is 0.465 e. The third-order valence-corrected chi connectivity index (χ3v) is 4.56. The van der Waals surface area contributed by atoms with Gasteiger partial charge in [-0.1, -0.05) is 44.9 Å². The molecule has 140 valence electrons. The van der Waals surface area contributed by atoms with Crippen LogP contribution in [0.15, 0.2) is 29.8 Å². The molecule has 26 heavy (non-hydrogen) atoms. The van der Waals surface area contributed by atoms with Crippen LogP contribution in [0.4, 0.5) is 20.0 Å². The van der Waals surface area contributed by atoms with Gasteiger partial charge in [0.25, 0.3) is 5.91 Å². The Morgan fingerprint density at radius 1 is 1.04 bits per heavy atom. The van der Waals surface area contributed by atoms with Crippen molar-refractivity contribution in [2.45, 2.75) is 44.9 Å². The van der Waals surface area contributed by atoms with Gasteiger partial charge in [0.2, 0.25) is 0 Å². The lowest BCUT2D eigenvalue weighted by Crippen LogP contribution is -2.13. The molecule has 1 aliphatic carbocycles. The van der Waals surface area contributed by atoms with Crippen molar-refractivity contribution in [3.63, 3.8) is 0 Å². The molecule has 1 aliphatic rings. The van der Waals surface area contributed by atoms with E-state index in [0.29, 0.717) is 5.13 Å². The van der Waals surface area contributed by atoms with Crippen LogP contribution in [0.3, 0.4) is 0 Å². The van der Waals surface area contributed by atoms with Crippen LogP contribution >= 0.6 is 11.3 Å². The third kappa shape index (κ3) is 6.79. The summed E-state index contributed by atoms with van der Waals surface area (Å²) in [5, 5.41) is 14.9. The first-order chi connectivity index (χ1) is 12.6. The summed E-state index contributed by atoms with van der Waals surface area (Å²) < 4.78 is 13.5. The molecule has 1 saturated carbocycles. The zero-order chi connectivity index (χ0) is 18.8. The molecule has 0 atom stereocenters. The van der Waals surface area contributed by atoms with E-state index in [2.05, 4.69) is 10.3 Å². The minimum atomic E-state index is -1.38. The monoisotopic (exact) mass is 379 g/mol. The Hall–Kier alpha value is -2.48. The predicted octanol–water partition coefficient (Wildman–Crippen LogP) is 5.36. The van der Waals surface area contributed by atoms with E-state index < -0.39 is 17.8 Å².